The molecule has 0 aliphatic heterocycles. The first-order chi connectivity index (χ1) is 19.5. The molecule has 0 radical (unpaired) electrons. The molecule has 0 saturated heterocycles. The first-order valence-corrected chi connectivity index (χ1v) is 16.4. The first kappa shape index (κ1) is 33.5. The molecule has 220 valence electrons. The molecule has 6 nitrogen and oxygen atoms in total. The standard InChI is InChI=1S/C33H48NO5P/c1-6-10-24-36-32-20-18-29(27-33(32)37-25-11-7-2)17-19-30(31-16-13-12-15-28(31)5)21-23-34-22-14-26-40(35,38-8-3)39-9-4/h12-13,15-21,23,27H,6-11,14,22,24-26H2,1-5H3/b19-17?,30-21-,34-23+. The Hall–Kier alpha value is -2.66. The van der Waals surface area contributed by atoms with E-state index in [4.69, 9.17) is 18.5 Å². The summed E-state index contributed by atoms with van der Waals surface area (Å²) in [4.78, 5) is 4.54. The van der Waals surface area contributed by atoms with E-state index < -0.39 is 7.60 Å². The van der Waals surface area contributed by atoms with E-state index in [1.807, 2.05) is 50.4 Å². The summed E-state index contributed by atoms with van der Waals surface area (Å²) in [6.07, 6.45) is 13.2. The van der Waals surface area contributed by atoms with Crippen LogP contribution in [0.3, 0.4) is 0 Å². The highest BCUT2D eigenvalue weighted by Gasteiger charge is 2.22. The van der Waals surface area contributed by atoms with Gasteiger partial charge in [0.2, 0.25) is 0 Å². The van der Waals surface area contributed by atoms with Crippen LogP contribution in [-0.2, 0) is 13.6 Å². The third-order valence-corrected chi connectivity index (χ3v) is 8.29. The van der Waals surface area contributed by atoms with Gasteiger partial charge in [0, 0.05) is 12.8 Å². The van der Waals surface area contributed by atoms with Gasteiger partial charge in [-0.15, -0.1) is 0 Å². The molecule has 40 heavy (non-hydrogen) atoms. The normalized spacial score (nSPS) is 12.5. The van der Waals surface area contributed by atoms with Gasteiger partial charge in [-0.2, -0.15) is 0 Å². The zero-order valence-corrected chi connectivity index (χ0v) is 26.0. The third kappa shape index (κ3) is 12.2. The molecule has 0 spiro atoms. The Labute approximate surface area is 242 Å². The van der Waals surface area contributed by atoms with Crippen molar-refractivity contribution in [1.82, 2.24) is 0 Å². The fourth-order valence-corrected chi connectivity index (χ4v) is 5.60. The molecular formula is C33H48NO5P. The number of unbranched alkanes of at least 4 members (excludes halogenated alkanes) is 2. The van der Waals surface area contributed by atoms with Crippen LogP contribution in [0.4, 0.5) is 0 Å². The zero-order valence-electron chi connectivity index (χ0n) is 25.1. The molecule has 2 rings (SSSR count). The molecular weight excluding hydrogens is 521 g/mol. The lowest BCUT2D eigenvalue weighted by Crippen LogP contribution is -2.02. The average Bonchev–Trinajstić information content (AvgIpc) is 2.94. The van der Waals surface area contributed by atoms with Crippen LogP contribution >= 0.6 is 7.60 Å². The number of allylic oxidation sites excluding steroid dienone is 3. The van der Waals surface area contributed by atoms with Gasteiger partial charge in [-0.3, -0.25) is 9.56 Å². The van der Waals surface area contributed by atoms with Crippen molar-refractivity contribution in [3.05, 3.63) is 71.3 Å². The summed E-state index contributed by atoms with van der Waals surface area (Å²) in [6.45, 7) is 12.7. The van der Waals surface area contributed by atoms with Gasteiger partial charge in [0.25, 0.3) is 0 Å². The van der Waals surface area contributed by atoms with Crippen molar-refractivity contribution in [2.24, 2.45) is 4.99 Å². The molecule has 0 unspecified atom stereocenters. The van der Waals surface area contributed by atoms with Crippen molar-refractivity contribution < 1.29 is 23.1 Å². The second kappa shape index (κ2) is 19.4. The van der Waals surface area contributed by atoms with Gasteiger partial charge in [-0.1, -0.05) is 69.2 Å². The van der Waals surface area contributed by atoms with Crippen LogP contribution in [0, 0.1) is 6.92 Å². The van der Waals surface area contributed by atoms with Crippen molar-refractivity contribution in [1.29, 1.82) is 0 Å². The Morgan fingerprint density at radius 1 is 0.875 bits per heavy atom. The second-order valence-corrected chi connectivity index (χ2v) is 11.6. The molecule has 0 N–H and O–H groups in total. The van der Waals surface area contributed by atoms with Gasteiger partial charge in [-0.05, 0) is 80.5 Å². The molecule has 2 aromatic rings. The predicted molar refractivity (Wildman–Crippen MR) is 169 cm³/mol. The Kier molecular flexibility index (Phi) is 16.3. The van der Waals surface area contributed by atoms with Crippen LogP contribution in [0.25, 0.3) is 11.6 Å². The Morgan fingerprint density at radius 3 is 2.20 bits per heavy atom. The van der Waals surface area contributed by atoms with Crippen molar-refractivity contribution in [2.75, 3.05) is 39.1 Å². The fourth-order valence-electron chi connectivity index (χ4n) is 3.95. The molecule has 0 saturated carbocycles. The highest BCUT2D eigenvalue weighted by atomic mass is 31.2. The minimum Gasteiger partial charge on any atom is -0.490 e. The lowest BCUT2D eigenvalue weighted by molar-refractivity contribution is 0.220. The van der Waals surface area contributed by atoms with E-state index in [-0.39, 0.29) is 0 Å². The van der Waals surface area contributed by atoms with Crippen molar-refractivity contribution >= 4 is 25.5 Å². The maximum atomic E-state index is 12.6. The van der Waals surface area contributed by atoms with Gasteiger partial charge in [-0.25, -0.2) is 0 Å². The maximum absolute atomic E-state index is 12.6. The summed E-state index contributed by atoms with van der Waals surface area (Å²) in [5.41, 5.74) is 4.41. The van der Waals surface area contributed by atoms with E-state index in [2.05, 4.69) is 56.1 Å². The lowest BCUT2D eigenvalue weighted by Gasteiger charge is -2.16. The SMILES string of the molecule is CCCCOc1ccc(C=C/C(=C/C=N/CCCP(=O)(OCC)OCC)c2ccccc2C)cc1OCCCC. The molecule has 7 heteroatoms. The van der Waals surface area contributed by atoms with E-state index in [1.165, 1.54) is 5.56 Å². The second-order valence-electron chi connectivity index (χ2n) is 9.46. The number of nitrogens with zero attached hydrogens (tertiary/aromatic N) is 1. The van der Waals surface area contributed by atoms with Crippen LogP contribution < -0.4 is 9.47 Å². The smallest absolute Gasteiger partial charge is 0.330 e. The minimum absolute atomic E-state index is 0.362. The highest BCUT2D eigenvalue weighted by molar-refractivity contribution is 7.53. The van der Waals surface area contributed by atoms with E-state index in [9.17, 15) is 4.57 Å². The topological polar surface area (TPSA) is 66.4 Å². The summed E-state index contributed by atoms with van der Waals surface area (Å²) in [5.74, 6) is 1.58. The van der Waals surface area contributed by atoms with E-state index in [1.54, 1.807) is 0 Å². The van der Waals surface area contributed by atoms with Gasteiger partial charge in [0.15, 0.2) is 11.5 Å². The largest absolute Gasteiger partial charge is 0.490 e. The quantitative estimate of drug-likeness (QED) is 0.0688. The Morgan fingerprint density at radius 2 is 1.55 bits per heavy atom. The molecule has 0 aliphatic rings. The summed E-state index contributed by atoms with van der Waals surface area (Å²) >= 11 is 0. The Bertz CT molecular complexity index is 1130. The molecule has 0 aliphatic carbocycles. The van der Waals surface area contributed by atoms with Gasteiger partial charge >= 0.3 is 7.60 Å². The van der Waals surface area contributed by atoms with Crippen molar-refractivity contribution in [3.63, 3.8) is 0 Å². The Balaban J connectivity index is 2.21. The van der Waals surface area contributed by atoms with Crippen LogP contribution in [0.15, 0.2) is 59.6 Å². The zero-order chi connectivity index (χ0) is 29.1. The van der Waals surface area contributed by atoms with E-state index in [0.717, 1.165) is 53.9 Å². The predicted octanol–water partition coefficient (Wildman–Crippen LogP) is 9.18. The van der Waals surface area contributed by atoms with Crippen LogP contribution in [-0.4, -0.2) is 45.3 Å². The average molecular weight is 570 g/mol. The monoisotopic (exact) mass is 569 g/mol. The van der Waals surface area contributed by atoms with Crippen molar-refractivity contribution in [3.8, 4) is 11.5 Å². The molecule has 0 bridgehead atoms. The first-order valence-electron chi connectivity index (χ1n) is 14.7. The highest BCUT2D eigenvalue weighted by Crippen LogP contribution is 2.48. The summed E-state index contributed by atoms with van der Waals surface area (Å²) in [5, 5.41) is 0. The summed E-state index contributed by atoms with van der Waals surface area (Å²) < 4.78 is 35.5. The molecule has 0 heterocycles. The van der Waals surface area contributed by atoms with Crippen LogP contribution in [0.1, 0.15) is 76.5 Å². The summed E-state index contributed by atoms with van der Waals surface area (Å²) in [6, 6.07) is 14.4. The molecule has 0 aromatic heterocycles. The third-order valence-electron chi connectivity index (χ3n) is 6.12. The number of benzene rings is 2. The molecule has 2 aromatic carbocycles. The van der Waals surface area contributed by atoms with E-state index >= 15 is 0 Å². The summed E-state index contributed by atoms with van der Waals surface area (Å²) in [7, 11) is -3.03. The van der Waals surface area contributed by atoms with Crippen LogP contribution in [0.2, 0.25) is 0 Å². The minimum atomic E-state index is -3.03. The van der Waals surface area contributed by atoms with Gasteiger partial charge in [0.05, 0.1) is 32.6 Å². The van der Waals surface area contributed by atoms with Gasteiger partial charge in [0.1, 0.15) is 0 Å². The number of hydrogen-bond donors (Lipinski definition) is 0. The number of hydrogen-bond acceptors (Lipinski definition) is 6. The van der Waals surface area contributed by atoms with Gasteiger partial charge < -0.3 is 18.5 Å². The molecule has 0 fully saturated rings. The van der Waals surface area contributed by atoms with Crippen molar-refractivity contribution in [2.45, 2.75) is 66.7 Å². The maximum Gasteiger partial charge on any atom is 0.330 e. The number of rotatable bonds is 20. The number of ether oxygens (including phenoxy) is 2. The molecule has 0 atom stereocenters. The fraction of sp³-hybridized carbons (Fsp3) is 0.485. The lowest BCUT2D eigenvalue weighted by atomic mass is 9.99. The number of aliphatic imine (C=N–C) groups is 1. The molecule has 0 amide bonds. The van der Waals surface area contributed by atoms with E-state index in [0.29, 0.717) is 45.6 Å². The van der Waals surface area contributed by atoms with Crippen LogP contribution in [0.5, 0.6) is 11.5 Å². The number of aryl methyl sites for hydroxylation is 1.